The first-order chi connectivity index (χ1) is 7.66. The van der Waals surface area contributed by atoms with Crippen molar-refractivity contribution in [1.29, 1.82) is 0 Å². The molecule has 0 radical (unpaired) electrons. The largest absolute Gasteiger partial charge is 0.308 e. The zero-order valence-corrected chi connectivity index (χ0v) is 9.68. The summed E-state index contributed by atoms with van der Waals surface area (Å²) in [5, 5.41) is 4.05. The van der Waals surface area contributed by atoms with Gasteiger partial charge >= 0.3 is 0 Å². The predicted molar refractivity (Wildman–Crippen MR) is 65.3 cm³/mol. The number of nitrogens with zero attached hydrogens (tertiary/aromatic N) is 2. The van der Waals surface area contributed by atoms with E-state index in [-0.39, 0.29) is 5.78 Å². The molecule has 1 aromatic rings. The average molecular weight is 216 g/mol. The van der Waals surface area contributed by atoms with E-state index in [9.17, 15) is 4.79 Å². The molecule has 0 bridgehead atoms. The van der Waals surface area contributed by atoms with Crippen LogP contribution in [0.25, 0.3) is 0 Å². The van der Waals surface area contributed by atoms with Gasteiger partial charge in [0.2, 0.25) is 0 Å². The van der Waals surface area contributed by atoms with Gasteiger partial charge in [-0.3, -0.25) is 4.79 Å². The lowest BCUT2D eigenvalue weighted by Crippen LogP contribution is -2.44. The van der Waals surface area contributed by atoms with Gasteiger partial charge in [0, 0.05) is 13.6 Å². The van der Waals surface area contributed by atoms with Crippen LogP contribution in [-0.4, -0.2) is 30.9 Å². The summed E-state index contributed by atoms with van der Waals surface area (Å²) in [6, 6.07) is 8.29. The second kappa shape index (κ2) is 4.49. The zero-order valence-electron chi connectivity index (χ0n) is 9.68. The van der Waals surface area contributed by atoms with Crippen molar-refractivity contribution in [1.82, 2.24) is 5.01 Å². The molecule has 0 atom stereocenters. The van der Waals surface area contributed by atoms with E-state index in [1.165, 1.54) is 5.56 Å². The summed E-state index contributed by atoms with van der Waals surface area (Å²) in [5.41, 5.74) is 2.35. The SMILES string of the molecule is Cc1ccc(N(C)N2CC=CC(=O)C2)cc1. The summed E-state index contributed by atoms with van der Waals surface area (Å²) in [7, 11) is 1.98. The number of carbonyl (C=O) groups is 1. The molecule has 2 rings (SSSR count). The van der Waals surface area contributed by atoms with Crippen molar-refractivity contribution in [2.45, 2.75) is 6.92 Å². The van der Waals surface area contributed by atoms with Crippen LogP contribution in [0.4, 0.5) is 5.69 Å². The molecule has 1 aliphatic rings. The van der Waals surface area contributed by atoms with Crippen molar-refractivity contribution in [2.75, 3.05) is 25.1 Å². The summed E-state index contributed by atoms with van der Waals surface area (Å²) < 4.78 is 0. The zero-order chi connectivity index (χ0) is 11.5. The maximum absolute atomic E-state index is 11.3. The van der Waals surface area contributed by atoms with Crippen LogP contribution in [0.3, 0.4) is 0 Å². The van der Waals surface area contributed by atoms with Gasteiger partial charge in [-0.05, 0) is 25.1 Å². The standard InChI is InChI=1S/C13H16N2O/c1-11-5-7-12(8-6-11)14(2)15-9-3-4-13(16)10-15/h3-8H,9-10H2,1-2H3. The Balaban J connectivity index is 2.12. The van der Waals surface area contributed by atoms with Crippen LogP contribution >= 0.6 is 0 Å². The number of anilines is 1. The lowest BCUT2D eigenvalue weighted by Gasteiger charge is -2.33. The fraction of sp³-hybridized carbons (Fsp3) is 0.308. The van der Waals surface area contributed by atoms with Crippen LogP contribution in [0, 0.1) is 6.92 Å². The molecular formula is C13H16N2O. The molecule has 0 unspecified atom stereocenters. The van der Waals surface area contributed by atoms with Crippen molar-refractivity contribution in [3.63, 3.8) is 0 Å². The fourth-order valence-corrected chi connectivity index (χ4v) is 1.76. The smallest absolute Gasteiger partial charge is 0.171 e. The van der Waals surface area contributed by atoms with Gasteiger partial charge in [-0.1, -0.05) is 23.8 Å². The normalized spacial score (nSPS) is 16.5. The molecule has 16 heavy (non-hydrogen) atoms. The van der Waals surface area contributed by atoms with Crippen LogP contribution in [0.15, 0.2) is 36.4 Å². The molecule has 1 aromatic carbocycles. The summed E-state index contributed by atoms with van der Waals surface area (Å²) in [6.07, 6.45) is 3.55. The van der Waals surface area contributed by atoms with Crippen molar-refractivity contribution in [2.24, 2.45) is 0 Å². The Bertz CT molecular complexity index is 408. The number of aryl methyl sites for hydroxylation is 1. The van der Waals surface area contributed by atoms with E-state index in [2.05, 4.69) is 31.2 Å². The van der Waals surface area contributed by atoms with Gasteiger partial charge in [-0.25, -0.2) is 5.01 Å². The maximum atomic E-state index is 11.3. The molecule has 0 amide bonds. The minimum Gasteiger partial charge on any atom is -0.308 e. The van der Waals surface area contributed by atoms with Gasteiger partial charge in [-0.2, -0.15) is 0 Å². The Hall–Kier alpha value is -1.61. The van der Waals surface area contributed by atoms with Crippen LogP contribution in [0.5, 0.6) is 0 Å². The van der Waals surface area contributed by atoms with Crippen molar-refractivity contribution in [3.8, 4) is 0 Å². The molecule has 0 N–H and O–H groups in total. The number of carbonyl (C=O) groups excluding carboxylic acids is 1. The van der Waals surface area contributed by atoms with E-state index in [1.807, 2.05) is 23.1 Å². The summed E-state index contributed by atoms with van der Waals surface area (Å²) in [6.45, 7) is 3.31. The van der Waals surface area contributed by atoms with Gasteiger partial charge in [0.05, 0.1) is 12.2 Å². The number of hydrazine groups is 1. The highest BCUT2D eigenvalue weighted by Crippen LogP contribution is 2.16. The first-order valence-corrected chi connectivity index (χ1v) is 5.41. The molecule has 3 nitrogen and oxygen atoms in total. The van der Waals surface area contributed by atoms with Gasteiger partial charge in [0.15, 0.2) is 5.78 Å². The quantitative estimate of drug-likeness (QED) is 0.753. The van der Waals surface area contributed by atoms with Gasteiger partial charge in [0.1, 0.15) is 0 Å². The van der Waals surface area contributed by atoms with E-state index in [1.54, 1.807) is 6.08 Å². The molecule has 0 aromatic heterocycles. The molecule has 0 fully saturated rings. The Labute approximate surface area is 95.9 Å². The van der Waals surface area contributed by atoms with Crippen molar-refractivity contribution >= 4 is 11.5 Å². The topological polar surface area (TPSA) is 23.6 Å². The monoisotopic (exact) mass is 216 g/mol. The Morgan fingerprint density at radius 1 is 1.25 bits per heavy atom. The predicted octanol–water partition coefficient (Wildman–Crippen LogP) is 1.79. The highest BCUT2D eigenvalue weighted by Gasteiger charge is 2.16. The molecular weight excluding hydrogens is 200 g/mol. The Morgan fingerprint density at radius 3 is 2.56 bits per heavy atom. The third-order valence-electron chi connectivity index (χ3n) is 2.79. The summed E-state index contributed by atoms with van der Waals surface area (Å²) in [5.74, 6) is 0.158. The van der Waals surface area contributed by atoms with Crippen LogP contribution in [0.2, 0.25) is 0 Å². The maximum Gasteiger partial charge on any atom is 0.171 e. The number of hydrogen-bond acceptors (Lipinski definition) is 3. The van der Waals surface area contributed by atoms with E-state index in [0.29, 0.717) is 6.54 Å². The lowest BCUT2D eigenvalue weighted by molar-refractivity contribution is -0.116. The third-order valence-corrected chi connectivity index (χ3v) is 2.79. The molecule has 0 spiro atoms. The molecule has 1 heterocycles. The van der Waals surface area contributed by atoms with E-state index in [4.69, 9.17) is 0 Å². The number of benzene rings is 1. The molecule has 0 saturated heterocycles. The minimum absolute atomic E-state index is 0.158. The molecule has 0 aliphatic carbocycles. The Morgan fingerprint density at radius 2 is 1.94 bits per heavy atom. The molecule has 84 valence electrons. The van der Waals surface area contributed by atoms with E-state index in [0.717, 1.165) is 12.2 Å². The van der Waals surface area contributed by atoms with Crippen molar-refractivity contribution in [3.05, 3.63) is 42.0 Å². The van der Waals surface area contributed by atoms with Crippen LogP contribution in [-0.2, 0) is 4.79 Å². The Kier molecular flexibility index (Phi) is 3.06. The van der Waals surface area contributed by atoms with E-state index < -0.39 is 0 Å². The number of rotatable bonds is 2. The fourth-order valence-electron chi connectivity index (χ4n) is 1.76. The molecule has 1 aliphatic heterocycles. The summed E-state index contributed by atoms with van der Waals surface area (Å²) >= 11 is 0. The third kappa shape index (κ3) is 2.31. The van der Waals surface area contributed by atoms with E-state index >= 15 is 0 Å². The second-order valence-electron chi connectivity index (χ2n) is 4.07. The highest BCUT2D eigenvalue weighted by atomic mass is 16.1. The van der Waals surface area contributed by atoms with Crippen molar-refractivity contribution < 1.29 is 4.79 Å². The lowest BCUT2D eigenvalue weighted by atomic mass is 10.2. The molecule has 3 heteroatoms. The van der Waals surface area contributed by atoms with Gasteiger partial charge in [0.25, 0.3) is 0 Å². The van der Waals surface area contributed by atoms with Gasteiger partial charge < -0.3 is 5.01 Å². The first kappa shape index (κ1) is 10.9. The average Bonchev–Trinajstić information content (AvgIpc) is 2.29. The number of hydrogen-bond donors (Lipinski definition) is 0. The van der Waals surface area contributed by atoms with Crippen LogP contribution < -0.4 is 5.01 Å². The second-order valence-corrected chi connectivity index (χ2v) is 4.07. The minimum atomic E-state index is 0.158. The first-order valence-electron chi connectivity index (χ1n) is 5.41. The highest BCUT2D eigenvalue weighted by molar-refractivity contribution is 5.92. The molecule has 0 saturated carbocycles. The summed E-state index contributed by atoms with van der Waals surface area (Å²) in [4.78, 5) is 11.3. The van der Waals surface area contributed by atoms with Crippen LogP contribution in [0.1, 0.15) is 5.56 Å². The number of ketones is 1. The van der Waals surface area contributed by atoms with Gasteiger partial charge in [-0.15, -0.1) is 0 Å².